The number of aliphatic hydroxyl groups excluding tert-OH is 2. The third kappa shape index (κ3) is 4.90. The Kier molecular flexibility index (Phi) is 7.58. The van der Waals surface area contributed by atoms with Crippen molar-refractivity contribution in [2.75, 3.05) is 39.5 Å². The number of fused-ring (bicyclic) bond motifs is 3. The van der Waals surface area contributed by atoms with Crippen molar-refractivity contribution in [1.82, 2.24) is 14.8 Å². The number of nitrogens with one attached hydrogen (secondary N) is 1. The lowest BCUT2D eigenvalue weighted by molar-refractivity contribution is -0.00641. The van der Waals surface area contributed by atoms with Gasteiger partial charge < -0.3 is 20.1 Å². The van der Waals surface area contributed by atoms with Crippen LogP contribution in [-0.2, 0) is 6.42 Å². The Balaban J connectivity index is 1.51. The molecular formula is C28H33F4N3O2. The molecule has 1 aromatic heterocycles. The van der Waals surface area contributed by atoms with Crippen molar-refractivity contribution in [2.24, 2.45) is 5.92 Å². The number of rotatable bonds is 9. The molecule has 5 nitrogen and oxygen atoms in total. The Morgan fingerprint density at radius 1 is 1.14 bits per heavy atom. The van der Waals surface area contributed by atoms with Crippen LogP contribution in [0.5, 0.6) is 0 Å². The van der Waals surface area contributed by atoms with E-state index in [1.165, 1.54) is 12.1 Å². The molecule has 0 radical (unpaired) electrons. The average molecular weight is 520 g/mol. The number of alkyl halides is 2. The van der Waals surface area contributed by atoms with Crippen LogP contribution in [-0.4, -0.2) is 76.7 Å². The molecular weight excluding hydrogens is 486 g/mol. The Morgan fingerprint density at radius 2 is 1.84 bits per heavy atom. The number of likely N-dealkylation sites (tertiary alicyclic amines) is 1. The van der Waals surface area contributed by atoms with Gasteiger partial charge in [-0.25, -0.2) is 13.2 Å². The number of benzene rings is 2. The highest BCUT2D eigenvalue weighted by molar-refractivity contribution is 5.85. The predicted molar refractivity (Wildman–Crippen MR) is 134 cm³/mol. The second-order valence-corrected chi connectivity index (χ2v) is 10.4. The summed E-state index contributed by atoms with van der Waals surface area (Å²) in [7, 11) is 0. The third-order valence-electron chi connectivity index (χ3n) is 7.88. The number of H-pyrrole nitrogens is 1. The minimum atomic E-state index is -1.57. The van der Waals surface area contributed by atoms with E-state index in [0.29, 0.717) is 38.2 Å². The van der Waals surface area contributed by atoms with Gasteiger partial charge in [-0.1, -0.05) is 18.2 Å². The summed E-state index contributed by atoms with van der Waals surface area (Å²) in [6.07, 6.45) is -1.63. The number of hydrogen-bond donors (Lipinski definition) is 3. The molecule has 0 spiro atoms. The molecule has 2 aliphatic rings. The molecule has 1 unspecified atom stereocenters. The van der Waals surface area contributed by atoms with Crippen LogP contribution >= 0.6 is 0 Å². The number of hydrogen-bond acceptors (Lipinski definition) is 4. The van der Waals surface area contributed by atoms with Crippen molar-refractivity contribution in [1.29, 1.82) is 0 Å². The molecule has 3 N–H and O–H groups in total. The number of aliphatic hydroxyl groups is 2. The summed E-state index contributed by atoms with van der Waals surface area (Å²) < 4.78 is 58.4. The van der Waals surface area contributed by atoms with Gasteiger partial charge in [-0.05, 0) is 49.1 Å². The van der Waals surface area contributed by atoms with Crippen LogP contribution in [0.25, 0.3) is 10.9 Å². The molecule has 0 aliphatic carbocycles. The summed E-state index contributed by atoms with van der Waals surface area (Å²) in [6.45, 7) is 2.29. The lowest BCUT2D eigenvalue weighted by atomic mass is 9.85. The van der Waals surface area contributed by atoms with Gasteiger partial charge in [-0.2, -0.15) is 0 Å². The van der Waals surface area contributed by atoms with E-state index in [0.717, 1.165) is 16.5 Å². The maximum Gasteiger partial charge on any atom is 0.136 e. The lowest BCUT2D eigenvalue weighted by Gasteiger charge is -2.42. The average Bonchev–Trinajstić information content (AvgIpc) is 3.22. The Labute approximate surface area is 213 Å². The molecule has 2 aromatic carbocycles. The summed E-state index contributed by atoms with van der Waals surface area (Å²) in [4.78, 5) is 7.02. The van der Waals surface area contributed by atoms with Gasteiger partial charge in [0.1, 0.15) is 17.8 Å². The van der Waals surface area contributed by atoms with Gasteiger partial charge in [-0.3, -0.25) is 9.29 Å². The van der Waals surface area contributed by atoms with E-state index in [2.05, 4.69) is 4.98 Å². The normalized spacial score (nSPS) is 22.7. The van der Waals surface area contributed by atoms with Gasteiger partial charge in [-0.15, -0.1) is 0 Å². The fourth-order valence-corrected chi connectivity index (χ4v) is 5.97. The minimum absolute atomic E-state index is 0.153. The zero-order valence-electron chi connectivity index (χ0n) is 20.8. The third-order valence-corrected chi connectivity index (χ3v) is 7.88. The molecule has 37 heavy (non-hydrogen) atoms. The number of nitrogens with zero attached hydrogens (tertiary/aromatic N) is 2. The van der Waals surface area contributed by atoms with Gasteiger partial charge in [0.2, 0.25) is 0 Å². The van der Waals surface area contributed by atoms with E-state index in [1.807, 2.05) is 36.1 Å². The highest BCUT2D eigenvalue weighted by atomic mass is 19.1. The lowest BCUT2D eigenvalue weighted by Crippen LogP contribution is -2.49. The highest BCUT2D eigenvalue weighted by Gasteiger charge is 2.40. The van der Waals surface area contributed by atoms with Crippen LogP contribution in [0.4, 0.5) is 17.6 Å². The van der Waals surface area contributed by atoms with Gasteiger partial charge in [0.05, 0.1) is 25.4 Å². The van der Waals surface area contributed by atoms with Crippen LogP contribution in [0.2, 0.25) is 0 Å². The molecule has 9 heteroatoms. The molecule has 5 rings (SSSR count). The van der Waals surface area contributed by atoms with Crippen molar-refractivity contribution in [3.8, 4) is 0 Å². The van der Waals surface area contributed by atoms with E-state index < -0.39 is 43.2 Å². The van der Waals surface area contributed by atoms with E-state index >= 15 is 8.78 Å². The minimum Gasteiger partial charge on any atom is -0.393 e. The Bertz CT molecular complexity index is 1220. The summed E-state index contributed by atoms with van der Waals surface area (Å²) >= 11 is 0. The molecule has 4 atom stereocenters. The first-order valence-electron chi connectivity index (χ1n) is 12.9. The van der Waals surface area contributed by atoms with Gasteiger partial charge in [0.25, 0.3) is 0 Å². The molecule has 0 saturated carbocycles. The van der Waals surface area contributed by atoms with Gasteiger partial charge in [0.15, 0.2) is 0 Å². The quantitative estimate of drug-likeness (QED) is 0.366. The van der Waals surface area contributed by atoms with Crippen molar-refractivity contribution in [2.45, 2.75) is 44.1 Å². The smallest absolute Gasteiger partial charge is 0.136 e. The van der Waals surface area contributed by atoms with E-state index in [1.54, 1.807) is 4.90 Å². The van der Waals surface area contributed by atoms with Crippen LogP contribution in [0.15, 0.2) is 36.4 Å². The second-order valence-electron chi connectivity index (χ2n) is 10.4. The molecule has 0 amide bonds. The van der Waals surface area contributed by atoms with Crippen LogP contribution in [0.1, 0.15) is 47.9 Å². The Hall–Kier alpha value is -2.46. The maximum atomic E-state index is 15.8. The van der Waals surface area contributed by atoms with Crippen LogP contribution < -0.4 is 0 Å². The summed E-state index contributed by atoms with van der Waals surface area (Å²) in [5.41, 5.74) is 2.33. The van der Waals surface area contributed by atoms with E-state index in [-0.39, 0.29) is 29.6 Å². The SMILES string of the molecule is C[C@@H]1Cc2c([nH]c3ccccc23)C(c2c(F)cc([C@H](O)C3CN(CCCF)C3)cc2F)N1C[C@@H](F)CO. The van der Waals surface area contributed by atoms with Gasteiger partial charge >= 0.3 is 0 Å². The molecule has 3 aromatic rings. The summed E-state index contributed by atoms with van der Waals surface area (Å²) in [5.74, 6) is -1.81. The van der Waals surface area contributed by atoms with Crippen molar-refractivity contribution in [3.63, 3.8) is 0 Å². The molecule has 3 heterocycles. The largest absolute Gasteiger partial charge is 0.393 e. The fraction of sp³-hybridized carbons (Fsp3) is 0.500. The topological polar surface area (TPSA) is 62.7 Å². The van der Waals surface area contributed by atoms with E-state index in [4.69, 9.17) is 0 Å². The number of halogens is 4. The first kappa shape index (κ1) is 26.2. The van der Waals surface area contributed by atoms with Crippen LogP contribution in [0.3, 0.4) is 0 Å². The molecule has 1 saturated heterocycles. The maximum absolute atomic E-state index is 15.8. The van der Waals surface area contributed by atoms with Crippen LogP contribution in [0, 0.1) is 17.6 Å². The predicted octanol–water partition coefficient (Wildman–Crippen LogP) is 4.44. The van der Waals surface area contributed by atoms with Gasteiger partial charge in [0, 0.05) is 60.3 Å². The highest BCUT2D eigenvalue weighted by Crippen LogP contribution is 2.43. The first-order chi connectivity index (χ1) is 17.8. The number of aromatic amines is 1. The van der Waals surface area contributed by atoms with Crippen molar-refractivity contribution in [3.05, 3.63) is 70.4 Å². The van der Waals surface area contributed by atoms with Crippen molar-refractivity contribution < 1.29 is 27.8 Å². The van der Waals surface area contributed by atoms with E-state index in [9.17, 15) is 19.0 Å². The monoisotopic (exact) mass is 519 g/mol. The Morgan fingerprint density at radius 3 is 2.51 bits per heavy atom. The number of aromatic nitrogens is 1. The standard InChI is InChI=1S/C28H33F4N3O2/c1-16-9-21-20-5-2-3-6-24(20)33-26(21)27(35(16)14-19(30)15-36)25-22(31)10-17(11-23(25)32)28(37)18-12-34(13-18)8-4-7-29/h2-3,5-6,10-11,16,18-19,27-28,33,36-37H,4,7-9,12-15H2,1H3/t16-,19-,27?,28+/m1/s1. The second kappa shape index (κ2) is 10.7. The fourth-order valence-electron chi connectivity index (χ4n) is 5.97. The molecule has 0 bridgehead atoms. The molecule has 1 fully saturated rings. The zero-order chi connectivity index (χ0) is 26.3. The summed E-state index contributed by atoms with van der Waals surface area (Å²) in [5, 5.41) is 21.1. The number of para-hydroxylation sites is 1. The first-order valence-corrected chi connectivity index (χ1v) is 12.9. The summed E-state index contributed by atoms with van der Waals surface area (Å²) in [6, 6.07) is 8.81. The van der Waals surface area contributed by atoms with Crippen molar-refractivity contribution >= 4 is 10.9 Å². The molecule has 2 aliphatic heterocycles. The molecule has 200 valence electrons. The zero-order valence-corrected chi connectivity index (χ0v) is 20.8.